The van der Waals surface area contributed by atoms with E-state index in [1.54, 1.807) is 13.8 Å². The molecule has 0 radical (unpaired) electrons. The Bertz CT molecular complexity index is 443. The van der Waals surface area contributed by atoms with Gasteiger partial charge < -0.3 is 5.73 Å². The lowest BCUT2D eigenvalue weighted by Gasteiger charge is -2.35. The first-order valence-corrected chi connectivity index (χ1v) is 6.45. The Labute approximate surface area is 111 Å². The summed E-state index contributed by atoms with van der Waals surface area (Å²) < 4.78 is 38.1. The molecule has 0 bridgehead atoms. The van der Waals surface area contributed by atoms with Gasteiger partial charge in [-0.05, 0) is 31.4 Å². The third kappa shape index (κ3) is 3.09. The molecule has 19 heavy (non-hydrogen) atoms. The zero-order valence-corrected chi connectivity index (χ0v) is 11.1. The fourth-order valence-corrected chi connectivity index (χ4v) is 2.82. The summed E-state index contributed by atoms with van der Waals surface area (Å²) in [5, 5.41) is 0. The number of alkyl halides is 3. The van der Waals surface area contributed by atoms with Gasteiger partial charge >= 0.3 is 6.18 Å². The number of nitrogens with two attached hydrogens (primary N) is 1. The number of hydrogen-bond donors (Lipinski definition) is 1. The highest BCUT2D eigenvalue weighted by Gasteiger charge is 2.40. The maximum absolute atomic E-state index is 12.7. The summed E-state index contributed by atoms with van der Waals surface area (Å²) in [7, 11) is 0. The summed E-state index contributed by atoms with van der Waals surface area (Å²) >= 11 is 0. The number of rotatable bonds is 3. The van der Waals surface area contributed by atoms with Crippen molar-refractivity contribution in [3.05, 3.63) is 35.4 Å². The van der Waals surface area contributed by atoms with Gasteiger partial charge in [0.2, 0.25) is 0 Å². The molecule has 1 aliphatic carbocycles. The van der Waals surface area contributed by atoms with E-state index in [1.807, 2.05) is 24.3 Å². The molecule has 106 valence electrons. The van der Waals surface area contributed by atoms with Gasteiger partial charge in [0.15, 0.2) is 0 Å². The zero-order chi connectivity index (χ0) is 14.2. The van der Waals surface area contributed by atoms with Crippen LogP contribution >= 0.6 is 0 Å². The molecule has 0 aromatic heterocycles. The molecular weight excluding hydrogens is 253 g/mol. The average molecular weight is 272 g/mol. The number of benzene rings is 1. The first-order chi connectivity index (χ1) is 8.79. The monoisotopic (exact) mass is 272 g/mol. The fraction of sp³-hybridized carbons (Fsp3) is 0.571. The second-order valence-electron chi connectivity index (χ2n) is 5.38. The van der Waals surface area contributed by atoms with Gasteiger partial charge in [0.1, 0.15) is 0 Å². The largest absolute Gasteiger partial charge is 0.401 e. The van der Waals surface area contributed by atoms with E-state index in [1.165, 1.54) is 4.90 Å². The van der Waals surface area contributed by atoms with E-state index in [2.05, 4.69) is 0 Å². The second-order valence-corrected chi connectivity index (χ2v) is 5.38. The van der Waals surface area contributed by atoms with Gasteiger partial charge in [0.05, 0.1) is 6.54 Å². The Morgan fingerprint density at radius 1 is 1.32 bits per heavy atom. The van der Waals surface area contributed by atoms with Gasteiger partial charge in [-0.25, -0.2) is 0 Å². The van der Waals surface area contributed by atoms with E-state index in [-0.39, 0.29) is 18.1 Å². The van der Waals surface area contributed by atoms with Crippen LogP contribution in [0.2, 0.25) is 0 Å². The molecule has 2 unspecified atom stereocenters. The van der Waals surface area contributed by atoms with E-state index in [9.17, 15) is 13.2 Å². The molecule has 5 heteroatoms. The Morgan fingerprint density at radius 3 is 2.47 bits per heavy atom. The molecule has 2 nitrogen and oxygen atoms in total. The Balaban J connectivity index is 2.22. The molecule has 0 heterocycles. The highest BCUT2D eigenvalue weighted by molar-refractivity contribution is 5.37. The summed E-state index contributed by atoms with van der Waals surface area (Å²) in [5.74, 6) is 0. The molecule has 0 saturated carbocycles. The van der Waals surface area contributed by atoms with Crippen LogP contribution in [0.25, 0.3) is 0 Å². The Kier molecular flexibility index (Phi) is 3.87. The maximum Gasteiger partial charge on any atom is 0.401 e. The van der Waals surface area contributed by atoms with Crippen LogP contribution in [0.3, 0.4) is 0 Å². The molecule has 1 aliphatic rings. The molecule has 1 aromatic carbocycles. The minimum absolute atomic E-state index is 0.188. The molecular formula is C14H19F3N2. The van der Waals surface area contributed by atoms with E-state index >= 15 is 0 Å². The highest BCUT2D eigenvalue weighted by Crippen LogP contribution is 2.34. The van der Waals surface area contributed by atoms with E-state index in [0.29, 0.717) is 6.42 Å². The summed E-state index contributed by atoms with van der Waals surface area (Å²) in [6, 6.07) is 6.82. The first-order valence-electron chi connectivity index (χ1n) is 6.45. The quantitative estimate of drug-likeness (QED) is 0.916. The van der Waals surface area contributed by atoms with Crippen LogP contribution in [0.1, 0.15) is 31.0 Å². The highest BCUT2D eigenvalue weighted by atomic mass is 19.4. The van der Waals surface area contributed by atoms with Crippen molar-refractivity contribution < 1.29 is 13.2 Å². The van der Waals surface area contributed by atoms with Crippen molar-refractivity contribution in [3.63, 3.8) is 0 Å². The van der Waals surface area contributed by atoms with Gasteiger partial charge in [0.25, 0.3) is 0 Å². The van der Waals surface area contributed by atoms with Crippen molar-refractivity contribution >= 4 is 0 Å². The molecule has 0 fully saturated rings. The second kappa shape index (κ2) is 5.13. The average Bonchev–Trinajstić information content (AvgIpc) is 2.63. The summed E-state index contributed by atoms with van der Waals surface area (Å²) in [4.78, 5) is 1.46. The number of nitrogens with zero attached hydrogens (tertiary/aromatic N) is 1. The standard InChI is InChI=1S/C14H19F3N2/c1-9(2)19(8-14(15,16)17)12-7-10-5-3-4-6-11(10)13(12)18/h3-6,9,12-13H,7-8,18H2,1-2H3. The van der Waals surface area contributed by atoms with Gasteiger partial charge in [-0.3, -0.25) is 4.90 Å². The minimum atomic E-state index is -4.20. The summed E-state index contributed by atoms with van der Waals surface area (Å²) in [6.45, 7) is 2.65. The summed E-state index contributed by atoms with van der Waals surface area (Å²) in [6.07, 6.45) is -3.61. The number of fused-ring (bicyclic) bond motifs is 1. The third-order valence-corrected chi connectivity index (χ3v) is 3.71. The van der Waals surface area contributed by atoms with Gasteiger partial charge in [-0.15, -0.1) is 0 Å². The van der Waals surface area contributed by atoms with E-state index in [4.69, 9.17) is 5.73 Å². The first kappa shape index (κ1) is 14.3. The lowest BCUT2D eigenvalue weighted by molar-refractivity contribution is -0.155. The predicted octanol–water partition coefficient (Wildman–Crippen LogP) is 2.88. The van der Waals surface area contributed by atoms with Crippen molar-refractivity contribution in [1.82, 2.24) is 4.90 Å². The van der Waals surface area contributed by atoms with Crippen LogP contribution in [-0.2, 0) is 6.42 Å². The van der Waals surface area contributed by atoms with Crippen LogP contribution in [0.15, 0.2) is 24.3 Å². The lowest BCUT2D eigenvalue weighted by atomic mass is 10.1. The number of halogens is 3. The lowest BCUT2D eigenvalue weighted by Crippen LogP contribution is -2.49. The fourth-order valence-electron chi connectivity index (χ4n) is 2.82. The molecule has 2 atom stereocenters. The van der Waals surface area contributed by atoms with Crippen LogP contribution in [0.5, 0.6) is 0 Å². The zero-order valence-electron chi connectivity index (χ0n) is 11.1. The molecule has 0 spiro atoms. The van der Waals surface area contributed by atoms with Crippen LogP contribution in [0.4, 0.5) is 13.2 Å². The van der Waals surface area contributed by atoms with E-state index < -0.39 is 12.7 Å². The van der Waals surface area contributed by atoms with Crippen molar-refractivity contribution in [1.29, 1.82) is 0 Å². The molecule has 0 saturated heterocycles. The molecule has 2 N–H and O–H groups in total. The molecule has 2 rings (SSSR count). The third-order valence-electron chi connectivity index (χ3n) is 3.71. The van der Waals surface area contributed by atoms with Gasteiger partial charge in [0, 0.05) is 18.1 Å². The normalized spacial score (nSPS) is 23.2. The number of hydrogen-bond acceptors (Lipinski definition) is 2. The SMILES string of the molecule is CC(C)N(CC(F)(F)F)C1Cc2ccccc2C1N. The smallest absolute Gasteiger partial charge is 0.323 e. The predicted molar refractivity (Wildman–Crippen MR) is 68.8 cm³/mol. The topological polar surface area (TPSA) is 29.3 Å². The maximum atomic E-state index is 12.7. The van der Waals surface area contributed by atoms with Crippen LogP contribution in [-0.4, -0.2) is 29.7 Å². The minimum Gasteiger partial charge on any atom is -0.323 e. The van der Waals surface area contributed by atoms with Crippen molar-refractivity contribution in [2.75, 3.05) is 6.54 Å². The van der Waals surface area contributed by atoms with E-state index in [0.717, 1.165) is 11.1 Å². The van der Waals surface area contributed by atoms with Crippen LogP contribution in [0, 0.1) is 0 Å². The summed E-state index contributed by atoms with van der Waals surface area (Å²) in [5.41, 5.74) is 8.17. The van der Waals surface area contributed by atoms with Crippen LogP contribution < -0.4 is 5.73 Å². The van der Waals surface area contributed by atoms with Crippen molar-refractivity contribution in [3.8, 4) is 0 Å². The van der Waals surface area contributed by atoms with Crippen molar-refractivity contribution in [2.45, 2.75) is 44.6 Å². The molecule has 1 aromatic rings. The van der Waals surface area contributed by atoms with Gasteiger partial charge in [-0.1, -0.05) is 24.3 Å². The molecule has 0 amide bonds. The molecule has 0 aliphatic heterocycles. The Morgan fingerprint density at radius 2 is 1.95 bits per heavy atom. The van der Waals surface area contributed by atoms with Gasteiger partial charge in [-0.2, -0.15) is 13.2 Å². The Hall–Kier alpha value is -1.07. The van der Waals surface area contributed by atoms with Crippen molar-refractivity contribution in [2.24, 2.45) is 5.73 Å².